The van der Waals surface area contributed by atoms with Crippen molar-refractivity contribution in [1.29, 1.82) is 0 Å². The molecule has 0 unspecified atom stereocenters. The first-order valence-corrected chi connectivity index (χ1v) is 12.2. The van der Waals surface area contributed by atoms with Crippen LogP contribution in [0.1, 0.15) is 17.5 Å². The Morgan fingerprint density at radius 1 is 0.800 bits per heavy atom. The summed E-state index contributed by atoms with van der Waals surface area (Å²) in [6, 6.07) is 18.6. The van der Waals surface area contributed by atoms with Crippen molar-refractivity contribution >= 4 is 29.4 Å². The number of piperazine rings is 1. The Hall–Kier alpha value is -3.98. The number of H-pyrrole nitrogens is 1. The van der Waals surface area contributed by atoms with Crippen LogP contribution in [0.3, 0.4) is 0 Å². The van der Waals surface area contributed by atoms with Gasteiger partial charge in [0, 0.05) is 37.9 Å². The molecule has 9 heteroatoms. The highest BCUT2D eigenvalue weighted by molar-refractivity contribution is 5.65. The van der Waals surface area contributed by atoms with Gasteiger partial charge in [-0.2, -0.15) is 20.1 Å². The average molecular weight is 468 g/mol. The Morgan fingerprint density at radius 2 is 1.57 bits per heavy atom. The topological polar surface area (TPSA) is 97.9 Å². The standard InChI is InChI=1S/C26H29N9/c1-34-12-14-35(15-13-34)26-30-24(27-21-11-10-18-8-5-9-20(18)16-21)29-25(31-26)28-23-17-22(32-33-23)19-6-3-2-4-7-19/h2-4,6-7,10-11,16-17H,5,8-9,12-15H2,1H3,(H3,27,28,29,30,31,32,33). The summed E-state index contributed by atoms with van der Waals surface area (Å²) in [4.78, 5) is 18.7. The number of anilines is 5. The van der Waals surface area contributed by atoms with E-state index in [0.717, 1.165) is 56.0 Å². The monoisotopic (exact) mass is 467 g/mol. The van der Waals surface area contributed by atoms with Crippen molar-refractivity contribution in [1.82, 2.24) is 30.0 Å². The number of likely N-dealkylation sites (N-methyl/N-ethyl adjacent to an activating group) is 1. The van der Waals surface area contributed by atoms with Crippen LogP contribution < -0.4 is 15.5 Å². The van der Waals surface area contributed by atoms with E-state index in [1.165, 1.54) is 17.5 Å². The maximum atomic E-state index is 4.77. The zero-order valence-electron chi connectivity index (χ0n) is 19.8. The summed E-state index contributed by atoms with van der Waals surface area (Å²) >= 11 is 0. The van der Waals surface area contributed by atoms with Crippen LogP contribution in [0.5, 0.6) is 0 Å². The van der Waals surface area contributed by atoms with Crippen LogP contribution in [0.15, 0.2) is 54.6 Å². The first kappa shape index (κ1) is 21.5. The molecular weight excluding hydrogens is 438 g/mol. The molecule has 2 aromatic carbocycles. The first-order valence-electron chi connectivity index (χ1n) is 12.2. The first-order chi connectivity index (χ1) is 17.2. The number of benzene rings is 2. The third-order valence-electron chi connectivity index (χ3n) is 6.67. The molecule has 35 heavy (non-hydrogen) atoms. The molecule has 0 saturated carbocycles. The van der Waals surface area contributed by atoms with Crippen molar-refractivity contribution in [3.05, 3.63) is 65.7 Å². The minimum absolute atomic E-state index is 0.462. The van der Waals surface area contributed by atoms with E-state index in [0.29, 0.717) is 23.7 Å². The number of nitrogens with one attached hydrogen (secondary N) is 3. The van der Waals surface area contributed by atoms with Crippen molar-refractivity contribution in [3.63, 3.8) is 0 Å². The van der Waals surface area contributed by atoms with Crippen molar-refractivity contribution < 1.29 is 0 Å². The van der Waals surface area contributed by atoms with Crippen molar-refractivity contribution in [2.75, 3.05) is 48.8 Å². The van der Waals surface area contributed by atoms with Gasteiger partial charge in [0.25, 0.3) is 0 Å². The van der Waals surface area contributed by atoms with Gasteiger partial charge >= 0.3 is 0 Å². The highest BCUT2D eigenvalue weighted by Crippen LogP contribution is 2.27. The summed E-state index contributed by atoms with van der Waals surface area (Å²) in [5.41, 5.74) is 5.85. The summed E-state index contributed by atoms with van der Waals surface area (Å²) in [5.74, 6) is 2.30. The summed E-state index contributed by atoms with van der Waals surface area (Å²) in [6.07, 6.45) is 3.52. The normalized spacial score (nSPS) is 15.7. The predicted molar refractivity (Wildman–Crippen MR) is 139 cm³/mol. The second-order valence-electron chi connectivity index (χ2n) is 9.19. The van der Waals surface area contributed by atoms with Gasteiger partial charge < -0.3 is 20.4 Å². The lowest BCUT2D eigenvalue weighted by molar-refractivity contribution is 0.311. The Labute approximate surface area is 204 Å². The van der Waals surface area contributed by atoms with Crippen LogP contribution in [0, 0.1) is 0 Å². The second kappa shape index (κ2) is 9.34. The highest BCUT2D eigenvalue weighted by atomic mass is 15.4. The Kier molecular flexibility index (Phi) is 5.75. The van der Waals surface area contributed by atoms with Crippen LogP contribution in [-0.4, -0.2) is 63.3 Å². The summed E-state index contributed by atoms with van der Waals surface area (Å²) in [6.45, 7) is 3.70. The minimum atomic E-state index is 0.462. The van der Waals surface area contributed by atoms with Crippen LogP contribution >= 0.6 is 0 Å². The van der Waals surface area contributed by atoms with Gasteiger partial charge in [0.2, 0.25) is 17.8 Å². The van der Waals surface area contributed by atoms with Gasteiger partial charge in [0.15, 0.2) is 5.82 Å². The van der Waals surface area contributed by atoms with E-state index in [4.69, 9.17) is 9.97 Å². The third-order valence-corrected chi connectivity index (χ3v) is 6.67. The molecule has 3 heterocycles. The van der Waals surface area contributed by atoms with Gasteiger partial charge in [-0.1, -0.05) is 36.4 Å². The van der Waals surface area contributed by atoms with Gasteiger partial charge in [-0.25, -0.2) is 0 Å². The van der Waals surface area contributed by atoms with E-state index >= 15 is 0 Å². The molecule has 0 bridgehead atoms. The molecule has 0 amide bonds. The molecule has 178 valence electrons. The second-order valence-corrected chi connectivity index (χ2v) is 9.19. The molecule has 2 aromatic heterocycles. The SMILES string of the molecule is CN1CCN(c2nc(Nc3ccc4c(c3)CCC4)nc(Nc3cc(-c4ccccc4)[nH]n3)n2)CC1. The van der Waals surface area contributed by atoms with Gasteiger partial charge in [0.1, 0.15) is 0 Å². The quantitative estimate of drug-likeness (QED) is 0.392. The van der Waals surface area contributed by atoms with E-state index in [1.807, 2.05) is 36.4 Å². The van der Waals surface area contributed by atoms with E-state index < -0.39 is 0 Å². The number of aryl methyl sites for hydroxylation is 2. The molecule has 2 aliphatic rings. The van der Waals surface area contributed by atoms with Crippen LogP contribution in [-0.2, 0) is 12.8 Å². The lowest BCUT2D eigenvalue weighted by atomic mass is 10.1. The summed E-state index contributed by atoms with van der Waals surface area (Å²) < 4.78 is 0. The Balaban J connectivity index is 1.28. The van der Waals surface area contributed by atoms with Gasteiger partial charge in [-0.15, -0.1) is 0 Å². The molecule has 0 radical (unpaired) electrons. The lowest BCUT2D eigenvalue weighted by Crippen LogP contribution is -2.45. The molecule has 1 aliphatic carbocycles. The van der Waals surface area contributed by atoms with Crippen molar-refractivity contribution in [2.24, 2.45) is 0 Å². The van der Waals surface area contributed by atoms with E-state index in [1.54, 1.807) is 0 Å². The molecule has 4 aromatic rings. The van der Waals surface area contributed by atoms with Crippen molar-refractivity contribution in [2.45, 2.75) is 19.3 Å². The molecule has 1 aliphatic heterocycles. The molecule has 1 saturated heterocycles. The number of nitrogens with zero attached hydrogens (tertiary/aromatic N) is 6. The number of hydrogen-bond donors (Lipinski definition) is 3. The van der Waals surface area contributed by atoms with E-state index in [2.05, 4.69) is 60.9 Å². The maximum Gasteiger partial charge on any atom is 0.235 e. The maximum absolute atomic E-state index is 4.77. The fourth-order valence-electron chi connectivity index (χ4n) is 4.67. The number of aromatic amines is 1. The minimum Gasteiger partial charge on any atom is -0.338 e. The fraction of sp³-hybridized carbons (Fsp3) is 0.308. The predicted octanol–water partition coefficient (Wildman–Crippen LogP) is 3.99. The average Bonchev–Trinajstić information content (AvgIpc) is 3.54. The van der Waals surface area contributed by atoms with Crippen LogP contribution in [0.4, 0.5) is 29.4 Å². The fourth-order valence-corrected chi connectivity index (χ4v) is 4.67. The smallest absolute Gasteiger partial charge is 0.235 e. The molecular formula is C26H29N9. The van der Waals surface area contributed by atoms with Crippen LogP contribution in [0.25, 0.3) is 11.3 Å². The number of hydrogen-bond acceptors (Lipinski definition) is 8. The lowest BCUT2D eigenvalue weighted by Gasteiger charge is -2.32. The zero-order chi connectivity index (χ0) is 23.6. The molecule has 6 rings (SSSR count). The van der Waals surface area contributed by atoms with Crippen LogP contribution in [0.2, 0.25) is 0 Å². The van der Waals surface area contributed by atoms with Crippen molar-refractivity contribution in [3.8, 4) is 11.3 Å². The number of fused-ring (bicyclic) bond motifs is 1. The molecule has 1 fully saturated rings. The number of aromatic nitrogens is 5. The summed E-state index contributed by atoms with van der Waals surface area (Å²) in [7, 11) is 2.14. The molecule has 0 atom stereocenters. The van der Waals surface area contributed by atoms with E-state index in [-0.39, 0.29) is 0 Å². The molecule has 9 nitrogen and oxygen atoms in total. The highest BCUT2D eigenvalue weighted by Gasteiger charge is 2.19. The third kappa shape index (κ3) is 4.81. The Morgan fingerprint density at radius 3 is 2.40 bits per heavy atom. The molecule has 0 spiro atoms. The summed E-state index contributed by atoms with van der Waals surface area (Å²) in [5, 5.41) is 14.2. The Bertz CT molecular complexity index is 1310. The zero-order valence-corrected chi connectivity index (χ0v) is 19.8. The van der Waals surface area contributed by atoms with E-state index in [9.17, 15) is 0 Å². The van der Waals surface area contributed by atoms with Gasteiger partial charge in [-0.05, 0) is 55.1 Å². The van der Waals surface area contributed by atoms with Gasteiger partial charge in [0.05, 0.1) is 5.69 Å². The largest absolute Gasteiger partial charge is 0.338 e. The number of rotatable bonds is 6. The van der Waals surface area contributed by atoms with Gasteiger partial charge in [-0.3, -0.25) is 5.10 Å². The molecule has 3 N–H and O–H groups in total.